The van der Waals surface area contributed by atoms with E-state index >= 15 is 0 Å². The van der Waals surface area contributed by atoms with E-state index in [9.17, 15) is 22.7 Å². The lowest BCUT2D eigenvalue weighted by Gasteiger charge is -2.12. The van der Waals surface area contributed by atoms with Crippen LogP contribution in [0.3, 0.4) is 0 Å². The minimum Gasteiger partial charge on any atom is -0.388 e. The van der Waals surface area contributed by atoms with Crippen LogP contribution in [0.4, 0.5) is 17.6 Å². The first-order valence-corrected chi connectivity index (χ1v) is 4.39. The van der Waals surface area contributed by atoms with E-state index in [1.807, 2.05) is 0 Å². The van der Waals surface area contributed by atoms with Crippen LogP contribution < -0.4 is 0 Å². The Morgan fingerprint density at radius 3 is 2.47 bits per heavy atom. The summed E-state index contributed by atoms with van der Waals surface area (Å²) < 4.78 is 48.1. The Bertz CT molecular complexity index is 321. The van der Waals surface area contributed by atoms with Gasteiger partial charge in [0.1, 0.15) is 5.82 Å². The third kappa shape index (κ3) is 4.29. The fourth-order valence-electron chi connectivity index (χ4n) is 1.18. The summed E-state index contributed by atoms with van der Waals surface area (Å²) in [4.78, 5) is 0. The van der Waals surface area contributed by atoms with Gasteiger partial charge in [-0.3, -0.25) is 0 Å². The number of alkyl halides is 3. The molecular weight excluding hydrogens is 212 g/mol. The molecule has 1 N–H and O–H groups in total. The summed E-state index contributed by atoms with van der Waals surface area (Å²) in [7, 11) is 0. The second-order valence-corrected chi connectivity index (χ2v) is 3.22. The first-order valence-electron chi connectivity index (χ1n) is 4.39. The van der Waals surface area contributed by atoms with Gasteiger partial charge >= 0.3 is 6.18 Å². The topological polar surface area (TPSA) is 20.2 Å². The number of aliphatic hydroxyl groups excluding tert-OH is 1. The number of benzene rings is 1. The normalized spacial score (nSPS) is 13.9. The summed E-state index contributed by atoms with van der Waals surface area (Å²) in [6.07, 6.45) is -7.10. The maximum absolute atomic E-state index is 12.7. The number of rotatable bonds is 3. The summed E-state index contributed by atoms with van der Waals surface area (Å²) in [5.41, 5.74) is 0.166. The van der Waals surface area contributed by atoms with Crippen LogP contribution in [-0.4, -0.2) is 11.3 Å². The molecule has 0 heterocycles. The predicted octanol–water partition coefficient (Wildman–Crippen LogP) is 3.20. The molecule has 0 spiro atoms. The molecule has 0 radical (unpaired) electrons. The number of halogens is 4. The molecule has 5 heteroatoms. The lowest BCUT2D eigenvalue weighted by Crippen LogP contribution is -2.10. The molecule has 84 valence electrons. The van der Waals surface area contributed by atoms with Crippen LogP contribution in [0.15, 0.2) is 24.3 Å². The fraction of sp³-hybridized carbons (Fsp3) is 0.400. The van der Waals surface area contributed by atoms with Crippen molar-refractivity contribution in [1.29, 1.82) is 0 Å². The van der Waals surface area contributed by atoms with Crippen molar-refractivity contribution in [3.63, 3.8) is 0 Å². The Morgan fingerprint density at radius 1 is 1.27 bits per heavy atom. The van der Waals surface area contributed by atoms with Crippen molar-refractivity contribution < 1.29 is 22.7 Å². The van der Waals surface area contributed by atoms with E-state index in [4.69, 9.17) is 0 Å². The van der Waals surface area contributed by atoms with Gasteiger partial charge < -0.3 is 5.11 Å². The van der Waals surface area contributed by atoms with Crippen LogP contribution in [0.1, 0.15) is 24.5 Å². The maximum atomic E-state index is 12.7. The molecule has 0 fully saturated rings. The molecular formula is C10H10F4O. The summed E-state index contributed by atoms with van der Waals surface area (Å²) >= 11 is 0. The Hall–Kier alpha value is -1.10. The van der Waals surface area contributed by atoms with Crippen LogP contribution >= 0.6 is 0 Å². The van der Waals surface area contributed by atoms with Crippen LogP contribution in [0, 0.1) is 5.82 Å². The quantitative estimate of drug-likeness (QED) is 0.778. The van der Waals surface area contributed by atoms with Crippen molar-refractivity contribution in [2.45, 2.75) is 25.1 Å². The second-order valence-electron chi connectivity index (χ2n) is 3.22. The number of hydrogen-bond donors (Lipinski definition) is 1. The average Bonchev–Trinajstić information content (AvgIpc) is 2.13. The van der Waals surface area contributed by atoms with E-state index < -0.39 is 30.9 Å². The van der Waals surface area contributed by atoms with Crippen molar-refractivity contribution in [1.82, 2.24) is 0 Å². The molecule has 0 bridgehead atoms. The van der Waals surface area contributed by atoms with Gasteiger partial charge in [0.25, 0.3) is 0 Å². The lowest BCUT2D eigenvalue weighted by atomic mass is 10.0. The highest BCUT2D eigenvalue weighted by Gasteiger charge is 2.28. The van der Waals surface area contributed by atoms with Crippen molar-refractivity contribution >= 4 is 0 Å². The highest BCUT2D eigenvalue weighted by atomic mass is 19.4. The van der Waals surface area contributed by atoms with Crippen LogP contribution in [0.25, 0.3) is 0 Å². The smallest absolute Gasteiger partial charge is 0.388 e. The molecule has 0 aromatic heterocycles. The zero-order valence-electron chi connectivity index (χ0n) is 7.76. The Balaban J connectivity index is 2.58. The molecule has 0 aliphatic rings. The van der Waals surface area contributed by atoms with E-state index in [0.717, 1.165) is 6.07 Å². The summed E-state index contributed by atoms with van der Waals surface area (Å²) in [5.74, 6) is -0.571. The van der Waals surface area contributed by atoms with Crippen LogP contribution in [0.5, 0.6) is 0 Å². The third-order valence-electron chi connectivity index (χ3n) is 1.93. The Kier molecular flexibility index (Phi) is 3.68. The monoisotopic (exact) mass is 222 g/mol. The predicted molar refractivity (Wildman–Crippen MR) is 46.6 cm³/mol. The van der Waals surface area contributed by atoms with Gasteiger partial charge in [0.2, 0.25) is 0 Å². The molecule has 1 nitrogen and oxygen atoms in total. The van der Waals surface area contributed by atoms with E-state index in [1.54, 1.807) is 0 Å². The van der Waals surface area contributed by atoms with Gasteiger partial charge in [-0.05, 0) is 24.1 Å². The van der Waals surface area contributed by atoms with Crippen molar-refractivity contribution in [2.24, 2.45) is 0 Å². The molecule has 1 unspecified atom stereocenters. The average molecular weight is 222 g/mol. The van der Waals surface area contributed by atoms with Gasteiger partial charge in [-0.1, -0.05) is 12.1 Å². The first kappa shape index (κ1) is 12.0. The highest BCUT2D eigenvalue weighted by Crippen LogP contribution is 2.27. The fourth-order valence-corrected chi connectivity index (χ4v) is 1.18. The maximum Gasteiger partial charge on any atom is 0.389 e. The van der Waals surface area contributed by atoms with Gasteiger partial charge in [0.15, 0.2) is 0 Å². The van der Waals surface area contributed by atoms with Crippen molar-refractivity contribution in [3.05, 3.63) is 35.6 Å². The number of hydrogen-bond acceptors (Lipinski definition) is 1. The van der Waals surface area contributed by atoms with E-state index in [-0.39, 0.29) is 5.56 Å². The summed E-state index contributed by atoms with van der Waals surface area (Å²) in [5, 5.41) is 9.34. The molecule has 1 atom stereocenters. The van der Waals surface area contributed by atoms with Crippen LogP contribution in [0.2, 0.25) is 0 Å². The van der Waals surface area contributed by atoms with E-state index in [2.05, 4.69) is 0 Å². The van der Waals surface area contributed by atoms with Crippen molar-refractivity contribution in [3.8, 4) is 0 Å². The molecule has 15 heavy (non-hydrogen) atoms. The van der Waals surface area contributed by atoms with Gasteiger partial charge in [0.05, 0.1) is 6.10 Å². The molecule has 1 aromatic rings. The van der Waals surface area contributed by atoms with Gasteiger partial charge in [-0.2, -0.15) is 13.2 Å². The summed E-state index contributed by atoms with van der Waals surface area (Å²) in [6, 6.07) is 4.94. The molecule has 1 rings (SSSR count). The Labute approximate surface area is 84.3 Å². The van der Waals surface area contributed by atoms with E-state index in [0.29, 0.717) is 0 Å². The first-order chi connectivity index (χ1) is 6.88. The third-order valence-corrected chi connectivity index (χ3v) is 1.93. The molecule has 0 amide bonds. The molecule has 0 aliphatic heterocycles. The lowest BCUT2D eigenvalue weighted by molar-refractivity contribution is -0.140. The van der Waals surface area contributed by atoms with E-state index in [1.165, 1.54) is 18.2 Å². The molecule has 0 saturated carbocycles. The van der Waals surface area contributed by atoms with Crippen LogP contribution in [-0.2, 0) is 0 Å². The standard InChI is InChI=1S/C10H10F4O/c11-8-3-1-2-7(6-8)9(15)4-5-10(12,13)14/h1-3,6,9,15H,4-5H2. The molecule has 0 saturated heterocycles. The van der Waals surface area contributed by atoms with Gasteiger partial charge in [-0.15, -0.1) is 0 Å². The summed E-state index contributed by atoms with van der Waals surface area (Å²) in [6.45, 7) is 0. The minimum absolute atomic E-state index is 0.166. The SMILES string of the molecule is OC(CCC(F)(F)F)c1cccc(F)c1. The van der Waals surface area contributed by atoms with Gasteiger partial charge in [0, 0.05) is 6.42 Å². The molecule has 1 aromatic carbocycles. The minimum atomic E-state index is -4.30. The zero-order chi connectivity index (χ0) is 11.5. The van der Waals surface area contributed by atoms with Crippen molar-refractivity contribution in [2.75, 3.05) is 0 Å². The molecule has 0 aliphatic carbocycles. The Morgan fingerprint density at radius 2 is 1.93 bits per heavy atom. The number of aliphatic hydroxyl groups is 1. The highest BCUT2D eigenvalue weighted by molar-refractivity contribution is 5.18. The largest absolute Gasteiger partial charge is 0.389 e. The second kappa shape index (κ2) is 4.61. The van der Waals surface area contributed by atoms with Gasteiger partial charge in [-0.25, -0.2) is 4.39 Å². The zero-order valence-corrected chi connectivity index (χ0v) is 7.76.